The lowest BCUT2D eigenvalue weighted by atomic mass is 10.2. The van der Waals surface area contributed by atoms with Gasteiger partial charge in [0.05, 0.1) is 12.6 Å². The summed E-state index contributed by atoms with van der Waals surface area (Å²) in [5.74, 6) is -0.637. The van der Waals surface area contributed by atoms with Gasteiger partial charge in [0.25, 0.3) is 0 Å². The minimum absolute atomic E-state index is 0.0604. The van der Waals surface area contributed by atoms with Gasteiger partial charge in [-0.1, -0.05) is 13.8 Å². The molecule has 1 amide bonds. The Morgan fingerprint density at radius 1 is 1.44 bits per heavy atom. The van der Waals surface area contributed by atoms with Crippen LogP contribution in [0.3, 0.4) is 0 Å². The first-order valence-corrected chi connectivity index (χ1v) is 6.28. The molecule has 1 heterocycles. The van der Waals surface area contributed by atoms with E-state index in [0.717, 1.165) is 0 Å². The van der Waals surface area contributed by atoms with Crippen molar-refractivity contribution in [1.29, 1.82) is 0 Å². The Morgan fingerprint density at radius 2 is 2.11 bits per heavy atom. The Bertz CT molecular complexity index is 306. The number of carboxylic acid groups (broad SMARTS) is 1. The van der Waals surface area contributed by atoms with E-state index in [-0.39, 0.29) is 18.5 Å². The van der Waals surface area contributed by atoms with Crippen molar-refractivity contribution in [2.45, 2.75) is 32.9 Å². The van der Waals surface area contributed by atoms with Crippen LogP contribution in [0.15, 0.2) is 0 Å². The first kappa shape index (κ1) is 14.9. The van der Waals surface area contributed by atoms with Crippen molar-refractivity contribution in [1.82, 2.24) is 10.2 Å². The van der Waals surface area contributed by atoms with E-state index in [9.17, 15) is 9.59 Å². The van der Waals surface area contributed by atoms with Crippen LogP contribution < -0.4 is 5.32 Å². The summed E-state index contributed by atoms with van der Waals surface area (Å²) in [5, 5.41) is 11.8. The summed E-state index contributed by atoms with van der Waals surface area (Å²) in [5.41, 5.74) is 0. The van der Waals surface area contributed by atoms with Crippen LogP contribution in [-0.4, -0.2) is 60.3 Å². The second kappa shape index (κ2) is 6.70. The van der Waals surface area contributed by atoms with Gasteiger partial charge >= 0.3 is 5.97 Å². The number of rotatable bonds is 5. The van der Waals surface area contributed by atoms with E-state index in [0.29, 0.717) is 25.6 Å². The van der Waals surface area contributed by atoms with Gasteiger partial charge in [0, 0.05) is 19.6 Å². The van der Waals surface area contributed by atoms with E-state index in [1.54, 1.807) is 6.92 Å². The van der Waals surface area contributed by atoms with Crippen molar-refractivity contribution in [3.63, 3.8) is 0 Å². The van der Waals surface area contributed by atoms with E-state index in [1.165, 1.54) is 0 Å². The monoisotopic (exact) mass is 258 g/mol. The van der Waals surface area contributed by atoms with Crippen LogP contribution in [0.4, 0.5) is 0 Å². The molecule has 2 N–H and O–H groups in total. The highest BCUT2D eigenvalue weighted by Crippen LogP contribution is 2.09. The molecule has 0 aromatic heterocycles. The zero-order valence-electron chi connectivity index (χ0n) is 11.2. The van der Waals surface area contributed by atoms with Crippen molar-refractivity contribution in [2.24, 2.45) is 5.92 Å². The fourth-order valence-corrected chi connectivity index (χ4v) is 1.79. The second-order valence-corrected chi connectivity index (χ2v) is 5.01. The standard InChI is InChI=1S/C12H22N2O4/c1-8(2)6-13-11(15)9(3)14-4-5-18-10(7-14)12(16)17/h8-10H,4-7H2,1-3H3,(H,13,15)(H,16,17). The first-order chi connectivity index (χ1) is 8.41. The third-order valence-electron chi connectivity index (χ3n) is 2.99. The number of carbonyl (C=O) groups excluding carboxylic acids is 1. The molecule has 0 bridgehead atoms. The lowest BCUT2D eigenvalue weighted by Gasteiger charge is -2.34. The summed E-state index contributed by atoms with van der Waals surface area (Å²) in [6.45, 7) is 7.67. The Kier molecular flexibility index (Phi) is 5.55. The predicted octanol–water partition coefficient (Wildman–Crippen LogP) is -0.0675. The van der Waals surface area contributed by atoms with E-state index in [4.69, 9.17) is 9.84 Å². The fraction of sp³-hybridized carbons (Fsp3) is 0.833. The number of hydrogen-bond acceptors (Lipinski definition) is 4. The summed E-state index contributed by atoms with van der Waals surface area (Å²) in [6.07, 6.45) is -0.834. The minimum Gasteiger partial charge on any atom is -0.479 e. The maximum atomic E-state index is 11.9. The average molecular weight is 258 g/mol. The lowest BCUT2D eigenvalue weighted by Crippen LogP contribution is -2.54. The molecule has 104 valence electrons. The molecular formula is C12H22N2O4. The molecular weight excluding hydrogens is 236 g/mol. The minimum atomic E-state index is -0.977. The Hall–Kier alpha value is -1.14. The van der Waals surface area contributed by atoms with Gasteiger partial charge in [-0.15, -0.1) is 0 Å². The van der Waals surface area contributed by atoms with E-state index in [2.05, 4.69) is 5.32 Å². The number of carbonyl (C=O) groups is 2. The van der Waals surface area contributed by atoms with Crippen molar-refractivity contribution >= 4 is 11.9 Å². The van der Waals surface area contributed by atoms with Gasteiger partial charge in [-0.3, -0.25) is 9.69 Å². The highest BCUT2D eigenvalue weighted by Gasteiger charge is 2.31. The van der Waals surface area contributed by atoms with E-state index < -0.39 is 12.1 Å². The lowest BCUT2D eigenvalue weighted by molar-refractivity contribution is -0.158. The number of carboxylic acids is 1. The quantitative estimate of drug-likeness (QED) is 0.722. The highest BCUT2D eigenvalue weighted by atomic mass is 16.5. The molecule has 1 fully saturated rings. The third kappa shape index (κ3) is 4.27. The number of nitrogens with one attached hydrogen (secondary N) is 1. The van der Waals surface area contributed by atoms with Crippen LogP contribution in [0.1, 0.15) is 20.8 Å². The number of amides is 1. The molecule has 0 aliphatic carbocycles. The summed E-state index contributed by atoms with van der Waals surface area (Å²) >= 11 is 0. The number of ether oxygens (including phenoxy) is 1. The Balaban J connectivity index is 2.47. The second-order valence-electron chi connectivity index (χ2n) is 5.01. The molecule has 0 radical (unpaired) electrons. The molecule has 1 aliphatic heterocycles. The van der Waals surface area contributed by atoms with Gasteiger partial charge in [-0.25, -0.2) is 4.79 Å². The van der Waals surface area contributed by atoms with E-state index in [1.807, 2.05) is 18.7 Å². The fourth-order valence-electron chi connectivity index (χ4n) is 1.79. The van der Waals surface area contributed by atoms with Gasteiger partial charge in [0.2, 0.25) is 5.91 Å². The molecule has 1 saturated heterocycles. The number of morpholine rings is 1. The molecule has 6 heteroatoms. The van der Waals surface area contributed by atoms with Crippen LogP contribution in [0.5, 0.6) is 0 Å². The molecule has 0 aromatic rings. The highest BCUT2D eigenvalue weighted by molar-refractivity contribution is 5.81. The summed E-state index contributed by atoms with van der Waals surface area (Å²) in [6, 6.07) is -0.325. The molecule has 1 rings (SSSR count). The maximum absolute atomic E-state index is 11.9. The van der Waals surface area contributed by atoms with Gasteiger partial charge < -0.3 is 15.2 Å². The Labute approximate surface area is 107 Å². The molecule has 2 atom stereocenters. The van der Waals surface area contributed by atoms with Gasteiger partial charge in [0.15, 0.2) is 6.10 Å². The molecule has 0 spiro atoms. The smallest absolute Gasteiger partial charge is 0.334 e. The largest absolute Gasteiger partial charge is 0.479 e. The van der Waals surface area contributed by atoms with E-state index >= 15 is 0 Å². The normalized spacial score (nSPS) is 22.8. The molecule has 2 unspecified atom stereocenters. The van der Waals surface area contributed by atoms with Gasteiger partial charge in [-0.2, -0.15) is 0 Å². The van der Waals surface area contributed by atoms with Crippen LogP contribution in [0.25, 0.3) is 0 Å². The van der Waals surface area contributed by atoms with Crippen LogP contribution in [0.2, 0.25) is 0 Å². The van der Waals surface area contributed by atoms with Gasteiger partial charge in [0.1, 0.15) is 0 Å². The van der Waals surface area contributed by atoms with Gasteiger partial charge in [-0.05, 0) is 12.8 Å². The molecule has 6 nitrogen and oxygen atoms in total. The molecule has 18 heavy (non-hydrogen) atoms. The average Bonchev–Trinajstić information content (AvgIpc) is 2.35. The van der Waals surface area contributed by atoms with Crippen molar-refractivity contribution < 1.29 is 19.4 Å². The zero-order valence-corrected chi connectivity index (χ0v) is 11.2. The Morgan fingerprint density at radius 3 is 2.67 bits per heavy atom. The first-order valence-electron chi connectivity index (χ1n) is 6.28. The molecule has 0 aromatic carbocycles. The zero-order chi connectivity index (χ0) is 13.7. The van der Waals surface area contributed by atoms with Crippen LogP contribution in [0, 0.1) is 5.92 Å². The molecule has 0 saturated carbocycles. The number of hydrogen-bond donors (Lipinski definition) is 2. The van der Waals surface area contributed by atoms with Crippen molar-refractivity contribution in [3.05, 3.63) is 0 Å². The summed E-state index contributed by atoms with van der Waals surface area (Å²) in [4.78, 5) is 24.6. The van der Waals surface area contributed by atoms with Crippen molar-refractivity contribution in [3.8, 4) is 0 Å². The number of aliphatic carboxylic acids is 1. The predicted molar refractivity (Wildman–Crippen MR) is 66.3 cm³/mol. The third-order valence-corrected chi connectivity index (χ3v) is 2.99. The SMILES string of the molecule is CC(C)CNC(=O)C(C)N1CCOC(C(=O)O)C1. The summed E-state index contributed by atoms with van der Waals surface area (Å²) in [7, 11) is 0. The van der Waals surface area contributed by atoms with Crippen LogP contribution in [-0.2, 0) is 14.3 Å². The summed E-state index contributed by atoms with van der Waals surface area (Å²) < 4.78 is 5.12. The maximum Gasteiger partial charge on any atom is 0.334 e. The number of nitrogens with zero attached hydrogens (tertiary/aromatic N) is 1. The topological polar surface area (TPSA) is 78.9 Å². The molecule has 1 aliphatic rings. The van der Waals surface area contributed by atoms with Crippen molar-refractivity contribution in [2.75, 3.05) is 26.2 Å². The van der Waals surface area contributed by atoms with Crippen LogP contribution >= 0.6 is 0 Å².